The number of anilines is 1. The Balaban J connectivity index is 2.12. The number of nitrogens with one attached hydrogen (secondary N) is 2. The van der Waals surface area contributed by atoms with Gasteiger partial charge in [-0.1, -0.05) is 33.6 Å². The van der Waals surface area contributed by atoms with Crippen LogP contribution in [0.5, 0.6) is 5.75 Å². The van der Waals surface area contributed by atoms with Gasteiger partial charge in [0.15, 0.2) is 5.11 Å². The van der Waals surface area contributed by atoms with Crippen LogP contribution in [0.15, 0.2) is 40.9 Å². The van der Waals surface area contributed by atoms with Crippen LogP contribution in [-0.4, -0.2) is 18.1 Å². The predicted molar refractivity (Wildman–Crippen MR) is 100 cm³/mol. The molecule has 0 radical (unpaired) electrons. The number of methoxy groups -OCH3 is 1. The maximum absolute atomic E-state index is 12.4. The summed E-state index contributed by atoms with van der Waals surface area (Å²) in [5.41, 5.74) is 3.26. The van der Waals surface area contributed by atoms with Crippen LogP contribution in [0.25, 0.3) is 0 Å². The molecule has 6 heteroatoms. The lowest BCUT2D eigenvalue weighted by atomic mass is 10.1. The van der Waals surface area contributed by atoms with E-state index in [2.05, 4.69) is 26.6 Å². The summed E-state index contributed by atoms with van der Waals surface area (Å²) in [6.45, 7) is 3.88. The number of halogens is 1. The van der Waals surface area contributed by atoms with Gasteiger partial charge in [-0.05, 0) is 55.9 Å². The average Bonchev–Trinajstić information content (AvgIpc) is 2.48. The molecule has 120 valence electrons. The molecule has 2 aromatic rings. The summed E-state index contributed by atoms with van der Waals surface area (Å²) >= 11 is 8.58. The second kappa shape index (κ2) is 7.57. The largest absolute Gasteiger partial charge is 0.496 e. The van der Waals surface area contributed by atoms with Crippen molar-refractivity contribution in [3.8, 4) is 5.75 Å². The number of rotatable bonds is 3. The van der Waals surface area contributed by atoms with E-state index in [1.807, 2.05) is 44.2 Å². The fourth-order valence-electron chi connectivity index (χ4n) is 2.14. The Morgan fingerprint density at radius 3 is 2.43 bits per heavy atom. The van der Waals surface area contributed by atoms with Crippen molar-refractivity contribution in [3.63, 3.8) is 0 Å². The minimum absolute atomic E-state index is 0.235. The van der Waals surface area contributed by atoms with Gasteiger partial charge >= 0.3 is 0 Å². The summed E-state index contributed by atoms with van der Waals surface area (Å²) in [5, 5.41) is 5.89. The molecule has 0 bridgehead atoms. The molecule has 0 saturated carbocycles. The van der Waals surface area contributed by atoms with E-state index in [-0.39, 0.29) is 11.0 Å². The smallest absolute Gasteiger partial charge is 0.261 e. The molecule has 0 aliphatic carbocycles. The van der Waals surface area contributed by atoms with Crippen molar-refractivity contribution in [1.82, 2.24) is 5.32 Å². The zero-order valence-electron chi connectivity index (χ0n) is 13.1. The Kier molecular flexibility index (Phi) is 5.74. The molecule has 2 N–H and O–H groups in total. The first-order valence-corrected chi connectivity index (χ1v) is 8.14. The number of hydrogen-bond acceptors (Lipinski definition) is 3. The molecule has 0 saturated heterocycles. The number of aryl methyl sites for hydroxylation is 2. The summed E-state index contributed by atoms with van der Waals surface area (Å²) in [4.78, 5) is 12.4. The van der Waals surface area contributed by atoms with Crippen molar-refractivity contribution in [2.45, 2.75) is 13.8 Å². The van der Waals surface area contributed by atoms with Gasteiger partial charge < -0.3 is 10.1 Å². The molecular weight excluding hydrogens is 376 g/mol. The van der Waals surface area contributed by atoms with E-state index in [0.717, 1.165) is 21.3 Å². The van der Waals surface area contributed by atoms with Crippen LogP contribution < -0.4 is 15.4 Å². The van der Waals surface area contributed by atoms with E-state index in [1.165, 1.54) is 7.11 Å². The molecule has 0 heterocycles. The maximum atomic E-state index is 12.4. The molecule has 2 aromatic carbocycles. The topological polar surface area (TPSA) is 50.4 Å². The van der Waals surface area contributed by atoms with Crippen LogP contribution >= 0.6 is 28.1 Å². The zero-order chi connectivity index (χ0) is 17.0. The monoisotopic (exact) mass is 392 g/mol. The van der Waals surface area contributed by atoms with E-state index in [9.17, 15) is 4.79 Å². The average molecular weight is 393 g/mol. The molecule has 0 aliphatic rings. The highest BCUT2D eigenvalue weighted by atomic mass is 79.9. The van der Waals surface area contributed by atoms with E-state index in [4.69, 9.17) is 17.0 Å². The Bertz CT molecular complexity index is 745. The van der Waals surface area contributed by atoms with Crippen LogP contribution in [0.2, 0.25) is 0 Å². The molecule has 0 aromatic heterocycles. The number of thiocarbonyl (C=S) groups is 1. The fourth-order valence-corrected chi connectivity index (χ4v) is 2.92. The van der Waals surface area contributed by atoms with E-state index in [1.54, 1.807) is 6.07 Å². The van der Waals surface area contributed by atoms with Gasteiger partial charge in [-0.2, -0.15) is 0 Å². The molecular formula is C17H17BrN2O2S. The molecule has 0 atom stereocenters. The first kappa shape index (κ1) is 17.4. The second-order valence-corrected chi connectivity index (χ2v) is 6.40. The fraction of sp³-hybridized carbons (Fsp3) is 0.176. The quantitative estimate of drug-likeness (QED) is 0.768. The summed E-state index contributed by atoms with van der Waals surface area (Å²) in [6.07, 6.45) is 0. The molecule has 0 aliphatic heterocycles. The van der Waals surface area contributed by atoms with Crippen molar-refractivity contribution >= 4 is 44.9 Å². The Morgan fingerprint density at radius 2 is 1.83 bits per heavy atom. The zero-order valence-corrected chi connectivity index (χ0v) is 15.5. The van der Waals surface area contributed by atoms with Gasteiger partial charge in [0.05, 0.1) is 12.7 Å². The van der Waals surface area contributed by atoms with Gasteiger partial charge in [-0.3, -0.25) is 10.1 Å². The summed E-state index contributed by atoms with van der Waals surface area (Å²) in [5.74, 6) is 0.208. The van der Waals surface area contributed by atoms with Crippen LogP contribution in [0.4, 0.5) is 5.69 Å². The van der Waals surface area contributed by atoms with Crippen LogP contribution in [0.1, 0.15) is 21.5 Å². The first-order valence-electron chi connectivity index (χ1n) is 6.94. The third-order valence-corrected chi connectivity index (χ3v) is 3.89. The van der Waals surface area contributed by atoms with E-state index < -0.39 is 0 Å². The lowest BCUT2D eigenvalue weighted by molar-refractivity contribution is 0.0974. The molecule has 0 unspecified atom stereocenters. The van der Waals surface area contributed by atoms with Gasteiger partial charge in [0, 0.05) is 10.2 Å². The number of hydrogen-bond donors (Lipinski definition) is 2. The van der Waals surface area contributed by atoms with Crippen molar-refractivity contribution in [3.05, 3.63) is 57.6 Å². The van der Waals surface area contributed by atoms with Gasteiger partial charge in [0.2, 0.25) is 0 Å². The minimum atomic E-state index is -0.323. The minimum Gasteiger partial charge on any atom is -0.496 e. The maximum Gasteiger partial charge on any atom is 0.261 e. The van der Waals surface area contributed by atoms with Gasteiger partial charge in [-0.25, -0.2) is 0 Å². The predicted octanol–water partition coefficient (Wildman–Crippen LogP) is 4.20. The number of carbonyl (C=O) groups excluding carboxylic acids is 1. The molecule has 4 nitrogen and oxygen atoms in total. The van der Waals surface area contributed by atoms with Crippen molar-refractivity contribution in [2.24, 2.45) is 0 Å². The van der Waals surface area contributed by atoms with Crippen LogP contribution in [0, 0.1) is 13.8 Å². The van der Waals surface area contributed by atoms with E-state index in [0.29, 0.717) is 11.3 Å². The lowest BCUT2D eigenvalue weighted by Gasteiger charge is -2.14. The molecule has 2 rings (SSSR count). The Hall–Kier alpha value is -1.92. The molecule has 1 amide bonds. The van der Waals surface area contributed by atoms with Crippen LogP contribution in [-0.2, 0) is 0 Å². The number of benzene rings is 2. The summed E-state index contributed by atoms with van der Waals surface area (Å²) in [7, 11) is 1.54. The van der Waals surface area contributed by atoms with Gasteiger partial charge in [0.1, 0.15) is 5.75 Å². The number of ether oxygens (including phenoxy) is 1. The van der Waals surface area contributed by atoms with Crippen molar-refractivity contribution in [2.75, 3.05) is 12.4 Å². The third kappa shape index (κ3) is 4.53. The third-order valence-electron chi connectivity index (χ3n) is 3.22. The van der Waals surface area contributed by atoms with Gasteiger partial charge in [-0.15, -0.1) is 0 Å². The highest BCUT2D eigenvalue weighted by Gasteiger charge is 2.16. The summed E-state index contributed by atoms with van der Waals surface area (Å²) < 4.78 is 6.12. The van der Waals surface area contributed by atoms with E-state index >= 15 is 0 Å². The molecule has 0 spiro atoms. The molecule has 0 fully saturated rings. The first-order chi connectivity index (χ1) is 10.9. The highest BCUT2D eigenvalue weighted by Crippen LogP contribution is 2.27. The van der Waals surface area contributed by atoms with Crippen molar-refractivity contribution in [1.29, 1.82) is 0 Å². The summed E-state index contributed by atoms with van der Waals surface area (Å²) in [6, 6.07) is 11.3. The SMILES string of the molecule is COc1c(C)cc(Br)cc1C(=O)NC(=S)Nc1ccc(C)cc1. The Morgan fingerprint density at radius 1 is 1.17 bits per heavy atom. The lowest BCUT2D eigenvalue weighted by Crippen LogP contribution is -2.34. The molecule has 23 heavy (non-hydrogen) atoms. The second-order valence-electron chi connectivity index (χ2n) is 5.08. The standard InChI is InChI=1S/C17H17BrN2O2S/c1-10-4-6-13(7-5-10)19-17(23)20-16(21)14-9-12(18)8-11(2)15(14)22-3/h4-9H,1-3H3,(H2,19,20,21,23). The Labute approximate surface area is 149 Å². The number of amides is 1. The van der Waals surface area contributed by atoms with Crippen LogP contribution in [0.3, 0.4) is 0 Å². The normalized spacial score (nSPS) is 10.1. The van der Waals surface area contributed by atoms with Gasteiger partial charge in [0.25, 0.3) is 5.91 Å². The van der Waals surface area contributed by atoms with Crippen molar-refractivity contribution < 1.29 is 9.53 Å². The highest BCUT2D eigenvalue weighted by molar-refractivity contribution is 9.10. The number of carbonyl (C=O) groups is 1.